The van der Waals surface area contributed by atoms with E-state index < -0.39 is 0 Å². The second-order valence-corrected chi connectivity index (χ2v) is 7.23. The number of nitrogens with zero attached hydrogens (tertiary/aromatic N) is 4. The molecule has 0 spiro atoms. The Kier molecular flexibility index (Phi) is 4.91. The normalized spacial score (nSPS) is 11.8. The molecule has 4 heterocycles. The van der Waals surface area contributed by atoms with Gasteiger partial charge in [-0.05, 0) is 37.3 Å². The standard InChI is InChI=1S/C25H19FN6/c1-3-8-17(16-9-4-5-10-18(16)26)22-15(2)28-25(30-22)24-23-21(31-32-24)13-12-20(29-23)19-11-6-7-14-27-19/h3-14H,1H2,2H3,(H,28,30)(H,31,32)/b17-8-. The van der Waals surface area contributed by atoms with Crippen molar-refractivity contribution in [2.24, 2.45) is 0 Å². The molecule has 0 aliphatic rings. The number of halogens is 1. The summed E-state index contributed by atoms with van der Waals surface area (Å²) in [5.74, 6) is 0.220. The highest BCUT2D eigenvalue weighted by molar-refractivity contribution is 5.90. The Morgan fingerprint density at radius 3 is 2.62 bits per heavy atom. The average Bonchev–Trinajstić information content (AvgIpc) is 3.41. The molecule has 0 saturated heterocycles. The maximum absolute atomic E-state index is 14.5. The van der Waals surface area contributed by atoms with Gasteiger partial charge in [0.05, 0.1) is 22.6 Å². The molecule has 6 nitrogen and oxygen atoms in total. The molecule has 0 unspecified atom stereocenters. The Morgan fingerprint density at radius 2 is 1.84 bits per heavy atom. The fourth-order valence-electron chi connectivity index (χ4n) is 3.65. The van der Waals surface area contributed by atoms with Crippen LogP contribution in [-0.2, 0) is 0 Å². The molecule has 0 amide bonds. The largest absolute Gasteiger partial charge is 0.340 e. The molecule has 0 bridgehead atoms. The predicted molar refractivity (Wildman–Crippen MR) is 123 cm³/mol. The van der Waals surface area contributed by atoms with Crippen molar-refractivity contribution in [3.8, 4) is 22.9 Å². The average molecular weight is 422 g/mol. The number of aromatic amines is 2. The molecule has 0 saturated carbocycles. The van der Waals surface area contributed by atoms with Crippen molar-refractivity contribution in [3.63, 3.8) is 0 Å². The van der Waals surface area contributed by atoms with Crippen LogP contribution < -0.4 is 0 Å². The highest BCUT2D eigenvalue weighted by Crippen LogP contribution is 2.31. The van der Waals surface area contributed by atoms with Gasteiger partial charge in [-0.1, -0.05) is 43.0 Å². The van der Waals surface area contributed by atoms with Gasteiger partial charge in [-0.25, -0.2) is 14.4 Å². The van der Waals surface area contributed by atoms with Crippen molar-refractivity contribution in [3.05, 3.63) is 102 Å². The minimum Gasteiger partial charge on any atom is -0.340 e. The third kappa shape index (κ3) is 3.39. The number of hydrogen-bond acceptors (Lipinski definition) is 4. The molecule has 5 aromatic rings. The summed E-state index contributed by atoms with van der Waals surface area (Å²) in [4.78, 5) is 17.2. The van der Waals surface area contributed by atoms with Gasteiger partial charge < -0.3 is 4.98 Å². The number of rotatable bonds is 5. The fraction of sp³-hybridized carbons (Fsp3) is 0.0400. The van der Waals surface area contributed by atoms with E-state index in [0.717, 1.165) is 22.6 Å². The Hall–Kier alpha value is -4.39. The molecule has 2 N–H and O–H groups in total. The topological polar surface area (TPSA) is 83.1 Å². The molecule has 156 valence electrons. The van der Waals surface area contributed by atoms with E-state index >= 15 is 0 Å². The van der Waals surface area contributed by atoms with E-state index in [9.17, 15) is 4.39 Å². The van der Waals surface area contributed by atoms with Gasteiger partial charge in [0.25, 0.3) is 0 Å². The third-order valence-corrected chi connectivity index (χ3v) is 5.15. The van der Waals surface area contributed by atoms with Crippen LogP contribution >= 0.6 is 0 Å². The lowest BCUT2D eigenvalue weighted by Crippen LogP contribution is -1.94. The number of aromatic nitrogens is 6. The Balaban J connectivity index is 1.63. The van der Waals surface area contributed by atoms with Crippen molar-refractivity contribution in [1.29, 1.82) is 0 Å². The van der Waals surface area contributed by atoms with Gasteiger partial charge >= 0.3 is 0 Å². The van der Waals surface area contributed by atoms with Crippen LogP contribution in [-0.4, -0.2) is 30.1 Å². The number of nitrogens with one attached hydrogen (secondary N) is 2. The summed E-state index contributed by atoms with van der Waals surface area (Å²) in [6.07, 6.45) is 5.11. The van der Waals surface area contributed by atoms with Gasteiger partial charge in [0.15, 0.2) is 11.5 Å². The molecule has 0 aliphatic carbocycles. The van der Waals surface area contributed by atoms with Crippen LogP contribution in [0.3, 0.4) is 0 Å². The minimum absolute atomic E-state index is 0.323. The number of pyridine rings is 2. The van der Waals surface area contributed by atoms with Crippen LogP contribution in [0.2, 0.25) is 0 Å². The van der Waals surface area contributed by atoms with E-state index in [1.165, 1.54) is 6.07 Å². The summed E-state index contributed by atoms with van der Waals surface area (Å²) >= 11 is 0. The molecule has 5 rings (SSSR count). The smallest absolute Gasteiger partial charge is 0.161 e. The number of aryl methyl sites for hydroxylation is 1. The molecule has 7 heteroatoms. The molecule has 4 aromatic heterocycles. The van der Waals surface area contributed by atoms with Gasteiger partial charge in [0, 0.05) is 23.0 Å². The maximum Gasteiger partial charge on any atom is 0.161 e. The molecule has 1 aromatic carbocycles. The SMILES string of the molecule is C=C/C=C(/c1ccccc1F)c1nc(-c2n[nH]c3ccc(-c4ccccn4)nc23)[nH]c1C. The second-order valence-electron chi connectivity index (χ2n) is 7.23. The van der Waals surface area contributed by atoms with Gasteiger partial charge in [-0.15, -0.1) is 0 Å². The molecule has 0 aliphatic heterocycles. The molecular formula is C25H19FN6. The fourth-order valence-corrected chi connectivity index (χ4v) is 3.65. The lowest BCUT2D eigenvalue weighted by atomic mass is 10.0. The van der Waals surface area contributed by atoms with Gasteiger partial charge in [-0.2, -0.15) is 5.10 Å². The second kappa shape index (κ2) is 8.03. The van der Waals surface area contributed by atoms with Crippen molar-refractivity contribution in [1.82, 2.24) is 30.1 Å². The Bertz CT molecular complexity index is 1460. The summed E-state index contributed by atoms with van der Waals surface area (Å²) in [5.41, 5.74) is 6.06. The summed E-state index contributed by atoms with van der Waals surface area (Å²) in [6, 6.07) is 16.1. The zero-order chi connectivity index (χ0) is 22.1. The summed E-state index contributed by atoms with van der Waals surface area (Å²) in [7, 11) is 0. The number of benzene rings is 1. The molecular weight excluding hydrogens is 403 g/mol. The lowest BCUT2D eigenvalue weighted by molar-refractivity contribution is 0.624. The summed E-state index contributed by atoms with van der Waals surface area (Å²) < 4.78 is 14.5. The number of H-pyrrole nitrogens is 2. The maximum atomic E-state index is 14.5. The number of hydrogen-bond donors (Lipinski definition) is 2. The Labute approximate surface area is 183 Å². The highest BCUT2D eigenvalue weighted by atomic mass is 19.1. The van der Waals surface area contributed by atoms with Crippen molar-refractivity contribution < 1.29 is 4.39 Å². The van der Waals surface area contributed by atoms with E-state index in [1.807, 2.05) is 37.3 Å². The first-order valence-corrected chi connectivity index (χ1v) is 10.1. The van der Waals surface area contributed by atoms with Crippen LogP contribution in [0, 0.1) is 12.7 Å². The van der Waals surface area contributed by atoms with Crippen LogP contribution in [0.25, 0.3) is 39.5 Å². The third-order valence-electron chi connectivity index (χ3n) is 5.15. The van der Waals surface area contributed by atoms with E-state index in [4.69, 9.17) is 9.97 Å². The Morgan fingerprint density at radius 1 is 1.00 bits per heavy atom. The molecule has 0 atom stereocenters. The molecule has 0 fully saturated rings. The van der Waals surface area contributed by atoms with E-state index in [0.29, 0.717) is 33.9 Å². The van der Waals surface area contributed by atoms with Gasteiger partial charge in [-0.3, -0.25) is 10.1 Å². The number of fused-ring (bicyclic) bond motifs is 1. The highest BCUT2D eigenvalue weighted by Gasteiger charge is 2.20. The van der Waals surface area contributed by atoms with Crippen molar-refractivity contribution in [2.45, 2.75) is 6.92 Å². The molecule has 0 radical (unpaired) electrons. The first-order valence-electron chi connectivity index (χ1n) is 10.1. The van der Waals surface area contributed by atoms with E-state index in [1.54, 1.807) is 36.5 Å². The zero-order valence-corrected chi connectivity index (χ0v) is 17.3. The summed E-state index contributed by atoms with van der Waals surface area (Å²) in [6.45, 7) is 5.67. The first-order chi connectivity index (χ1) is 15.7. The summed E-state index contributed by atoms with van der Waals surface area (Å²) in [5, 5.41) is 7.44. The van der Waals surface area contributed by atoms with E-state index in [-0.39, 0.29) is 5.82 Å². The minimum atomic E-state index is -0.323. The van der Waals surface area contributed by atoms with Crippen LogP contribution in [0.1, 0.15) is 17.0 Å². The monoisotopic (exact) mass is 422 g/mol. The quantitative estimate of drug-likeness (QED) is 0.368. The van der Waals surface area contributed by atoms with Crippen molar-refractivity contribution >= 4 is 16.6 Å². The lowest BCUT2D eigenvalue weighted by Gasteiger charge is -2.07. The molecule has 32 heavy (non-hydrogen) atoms. The van der Waals surface area contributed by atoms with Gasteiger partial charge in [0.2, 0.25) is 0 Å². The van der Waals surface area contributed by atoms with E-state index in [2.05, 4.69) is 26.7 Å². The van der Waals surface area contributed by atoms with Crippen molar-refractivity contribution in [2.75, 3.05) is 0 Å². The number of imidazole rings is 1. The zero-order valence-electron chi connectivity index (χ0n) is 17.3. The van der Waals surface area contributed by atoms with Crippen LogP contribution in [0.15, 0.2) is 79.5 Å². The first kappa shape index (κ1) is 19.6. The van der Waals surface area contributed by atoms with Gasteiger partial charge in [0.1, 0.15) is 11.3 Å². The number of allylic oxidation sites excluding steroid dienone is 2. The van der Waals surface area contributed by atoms with Crippen LogP contribution in [0.5, 0.6) is 0 Å². The van der Waals surface area contributed by atoms with Crippen LogP contribution in [0.4, 0.5) is 4.39 Å². The predicted octanol–water partition coefficient (Wildman–Crippen LogP) is 5.48.